The molecule has 5 nitrogen and oxygen atoms in total. The summed E-state index contributed by atoms with van der Waals surface area (Å²) < 4.78 is 0. The van der Waals surface area contributed by atoms with Gasteiger partial charge in [0.2, 0.25) is 0 Å². The summed E-state index contributed by atoms with van der Waals surface area (Å²) in [4.78, 5) is 15.2. The topological polar surface area (TPSA) is 80.0 Å². The standard InChI is InChI=1S/C9H14N4O/c1-6(2)12-9(14)13-8-5-7(10)3-4-11-8/h3-6H,1-2H3,(H4,10,11,12,13,14). The second kappa shape index (κ2) is 4.45. The molecule has 0 aliphatic carbocycles. The molecular formula is C9H14N4O. The summed E-state index contributed by atoms with van der Waals surface area (Å²) in [5, 5.41) is 5.25. The zero-order chi connectivity index (χ0) is 10.6. The van der Waals surface area contributed by atoms with E-state index in [2.05, 4.69) is 15.6 Å². The fraction of sp³-hybridized carbons (Fsp3) is 0.333. The Morgan fingerprint density at radius 3 is 2.86 bits per heavy atom. The van der Waals surface area contributed by atoms with E-state index in [4.69, 9.17) is 5.73 Å². The van der Waals surface area contributed by atoms with Crippen LogP contribution in [0.3, 0.4) is 0 Å². The van der Waals surface area contributed by atoms with E-state index in [1.54, 1.807) is 18.3 Å². The van der Waals surface area contributed by atoms with E-state index in [-0.39, 0.29) is 12.1 Å². The van der Waals surface area contributed by atoms with Crippen LogP contribution in [0.5, 0.6) is 0 Å². The number of hydrogen-bond acceptors (Lipinski definition) is 3. The van der Waals surface area contributed by atoms with Crippen molar-refractivity contribution in [1.29, 1.82) is 0 Å². The van der Waals surface area contributed by atoms with Gasteiger partial charge < -0.3 is 11.1 Å². The molecule has 0 saturated carbocycles. The number of carbonyl (C=O) groups excluding carboxylic acids is 1. The Bertz CT molecular complexity index is 324. The number of hydrogen-bond donors (Lipinski definition) is 3. The highest BCUT2D eigenvalue weighted by molar-refractivity contribution is 5.88. The number of amides is 2. The average molecular weight is 194 g/mol. The first-order valence-corrected chi connectivity index (χ1v) is 4.37. The summed E-state index contributed by atoms with van der Waals surface area (Å²) in [6.07, 6.45) is 1.54. The molecule has 14 heavy (non-hydrogen) atoms. The number of nitrogen functional groups attached to an aromatic ring is 1. The van der Waals surface area contributed by atoms with Crippen LogP contribution < -0.4 is 16.4 Å². The minimum absolute atomic E-state index is 0.0936. The van der Waals surface area contributed by atoms with Crippen molar-refractivity contribution in [2.45, 2.75) is 19.9 Å². The lowest BCUT2D eigenvalue weighted by Gasteiger charge is -2.09. The summed E-state index contributed by atoms with van der Waals surface area (Å²) in [5.41, 5.74) is 6.09. The molecule has 0 saturated heterocycles. The zero-order valence-corrected chi connectivity index (χ0v) is 8.24. The second-order valence-electron chi connectivity index (χ2n) is 3.23. The van der Waals surface area contributed by atoms with Crippen molar-refractivity contribution in [3.8, 4) is 0 Å². The summed E-state index contributed by atoms with van der Waals surface area (Å²) >= 11 is 0. The fourth-order valence-corrected chi connectivity index (χ4v) is 0.930. The Balaban J connectivity index is 2.56. The van der Waals surface area contributed by atoms with Gasteiger partial charge in [-0.15, -0.1) is 0 Å². The number of carbonyl (C=O) groups is 1. The average Bonchev–Trinajstić information content (AvgIpc) is 2.01. The molecule has 76 valence electrons. The van der Waals surface area contributed by atoms with Crippen LogP contribution >= 0.6 is 0 Å². The first-order chi connectivity index (χ1) is 6.58. The number of aromatic nitrogens is 1. The predicted octanol–water partition coefficient (Wildman–Crippen LogP) is 1.19. The zero-order valence-electron chi connectivity index (χ0n) is 8.24. The quantitative estimate of drug-likeness (QED) is 0.661. The van der Waals surface area contributed by atoms with E-state index in [1.807, 2.05) is 13.8 Å². The minimum Gasteiger partial charge on any atom is -0.399 e. The maximum Gasteiger partial charge on any atom is 0.320 e. The molecule has 0 aliphatic heterocycles. The molecule has 4 N–H and O–H groups in total. The molecule has 0 aromatic carbocycles. The maximum absolute atomic E-state index is 11.2. The lowest BCUT2D eigenvalue weighted by molar-refractivity contribution is 0.250. The lowest BCUT2D eigenvalue weighted by atomic mass is 10.4. The Kier molecular flexibility index (Phi) is 3.28. The van der Waals surface area contributed by atoms with Crippen LogP contribution in [0.25, 0.3) is 0 Å². The SMILES string of the molecule is CC(C)NC(=O)Nc1cc(N)ccn1. The highest BCUT2D eigenvalue weighted by Crippen LogP contribution is 2.07. The molecule has 0 aliphatic rings. The normalized spacial score (nSPS) is 9.93. The van der Waals surface area contributed by atoms with Crippen LogP contribution in [0.4, 0.5) is 16.3 Å². The van der Waals surface area contributed by atoms with Crippen molar-refractivity contribution < 1.29 is 4.79 Å². The molecule has 0 unspecified atom stereocenters. The molecular weight excluding hydrogens is 180 g/mol. The maximum atomic E-state index is 11.2. The molecule has 0 bridgehead atoms. The third-order valence-corrected chi connectivity index (χ3v) is 1.45. The summed E-state index contributed by atoms with van der Waals surface area (Å²) in [5.74, 6) is 0.447. The first-order valence-electron chi connectivity index (χ1n) is 4.37. The molecule has 1 aromatic heterocycles. The minimum atomic E-state index is -0.280. The van der Waals surface area contributed by atoms with E-state index < -0.39 is 0 Å². The van der Waals surface area contributed by atoms with Crippen LogP contribution in [0.1, 0.15) is 13.8 Å². The summed E-state index contributed by atoms with van der Waals surface area (Å²) in [6, 6.07) is 3.07. The Hall–Kier alpha value is -1.78. The Morgan fingerprint density at radius 2 is 2.29 bits per heavy atom. The van der Waals surface area contributed by atoms with Gasteiger partial charge in [0.1, 0.15) is 5.82 Å². The lowest BCUT2D eigenvalue weighted by Crippen LogP contribution is -2.34. The second-order valence-corrected chi connectivity index (χ2v) is 3.23. The van der Waals surface area contributed by atoms with Crippen molar-refractivity contribution in [3.63, 3.8) is 0 Å². The first kappa shape index (κ1) is 10.3. The third kappa shape index (κ3) is 3.30. The van der Waals surface area contributed by atoms with Crippen LogP contribution in [0.2, 0.25) is 0 Å². The number of anilines is 2. The molecule has 0 fully saturated rings. The molecule has 1 rings (SSSR count). The van der Waals surface area contributed by atoms with Gasteiger partial charge in [0.05, 0.1) is 0 Å². The summed E-state index contributed by atoms with van der Waals surface area (Å²) in [7, 11) is 0. The van der Waals surface area contributed by atoms with Crippen molar-refractivity contribution in [2.24, 2.45) is 0 Å². The number of rotatable bonds is 2. The van der Waals surface area contributed by atoms with Gasteiger partial charge in [-0.05, 0) is 19.9 Å². The van der Waals surface area contributed by atoms with Gasteiger partial charge in [0.25, 0.3) is 0 Å². The van der Waals surface area contributed by atoms with Gasteiger partial charge in [0, 0.05) is 24.0 Å². The third-order valence-electron chi connectivity index (χ3n) is 1.45. The monoisotopic (exact) mass is 194 g/mol. The fourth-order valence-electron chi connectivity index (χ4n) is 0.930. The highest BCUT2D eigenvalue weighted by Gasteiger charge is 2.03. The number of pyridine rings is 1. The smallest absolute Gasteiger partial charge is 0.320 e. The van der Waals surface area contributed by atoms with Gasteiger partial charge >= 0.3 is 6.03 Å². The highest BCUT2D eigenvalue weighted by atomic mass is 16.2. The summed E-state index contributed by atoms with van der Waals surface area (Å²) in [6.45, 7) is 3.76. The van der Waals surface area contributed by atoms with Gasteiger partial charge in [-0.1, -0.05) is 0 Å². The number of nitrogens with two attached hydrogens (primary N) is 1. The number of nitrogens with one attached hydrogen (secondary N) is 2. The van der Waals surface area contributed by atoms with Gasteiger partial charge in [-0.2, -0.15) is 0 Å². The van der Waals surface area contributed by atoms with Crippen LogP contribution in [0, 0.1) is 0 Å². The van der Waals surface area contributed by atoms with Crippen molar-refractivity contribution >= 4 is 17.5 Å². The molecule has 1 heterocycles. The largest absolute Gasteiger partial charge is 0.399 e. The van der Waals surface area contributed by atoms with Gasteiger partial charge in [-0.3, -0.25) is 5.32 Å². The van der Waals surface area contributed by atoms with E-state index in [1.165, 1.54) is 0 Å². The van der Waals surface area contributed by atoms with Crippen molar-refractivity contribution in [3.05, 3.63) is 18.3 Å². The Labute approximate surface area is 82.7 Å². The van der Waals surface area contributed by atoms with Crippen molar-refractivity contribution in [2.75, 3.05) is 11.1 Å². The number of urea groups is 1. The van der Waals surface area contributed by atoms with Gasteiger partial charge in [-0.25, -0.2) is 9.78 Å². The van der Waals surface area contributed by atoms with E-state index in [0.717, 1.165) is 0 Å². The predicted molar refractivity (Wildman–Crippen MR) is 55.9 cm³/mol. The molecule has 1 aromatic rings. The molecule has 2 amide bonds. The Morgan fingerprint density at radius 1 is 1.57 bits per heavy atom. The van der Waals surface area contributed by atoms with Crippen LogP contribution in [-0.4, -0.2) is 17.1 Å². The van der Waals surface area contributed by atoms with Crippen molar-refractivity contribution in [1.82, 2.24) is 10.3 Å². The van der Waals surface area contributed by atoms with E-state index in [0.29, 0.717) is 11.5 Å². The molecule has 0 spiro atoms. The van der Waals surface area contributed by atoms with Crippen LogP contribution in [0.15, 0.2) is 18.3 Å². The number of nitrogens with zero attached hydrogens (tertiary/aromatic N) is 1. The molecule has 0 radical (unpaired) electrons. The molecule has 0 atom stereocenters. The van der Waals surface area contributed by atoms with Gasteiger partial charge in [0.15, 0.2) is 0 Å². The van der Waals surface area contributed by atoms with E-state index >= 15 is 0 Å². The molecule has 5 heteroatoms. The van der Waals surface area contributed by atoms with Crippen LogP contribution in [-0.2, 0) is 0 Å². The van der Waals surface area contributed by atoms with E-state index in [9.17, 15) is 4.79 Å².